The highest BCUT2D eigenvalue weighted by molar-refractivity contribution is 5.60. The second-order valence-electron chi connectivity index (χ2n) is 6.66. The first-order valence-electron chi connectivity index (χ1n) is 8.71. The van der Waals surface area contributed by atoms with Gasteiger partial charge in [-0.05, 0) is 48.7 Å². The van der Waals surface area contributed by atoms with Gasteiger partial charge in [0.25, 0.3) is 0 Å². The molecule has 2 aliphatic rings. The average Bonchev–Trinajstić information content (AvgIpc) is 2.74. The van der Waals surface area contributed by atoms with Crippen LogP contribution in [0.3, 0.4) is 0 Å². The van der Waals surface area contributed by atoms with E-state index in [2.05, 4.69) is 58.3 Å². The van der Waals surface area contributed by atoms with Gasteiger partial charge in [-0.15, -0.1) is 0 Å². The zero-order valence-corrected chi connectivity index (χ0v) is 13.6. The van der Waals surface area contributed by atoms with Crippen molar-refractivity contribution >= 4 is 5.69 Å². The Bertz CT molecular complexity index is 682. The third-order valence-electron chi connectivity index (χ3n) is 5.24. The summed E-state index contributed by atoms with van der Waals surface area (Å²) in [5, 5.41) is 0. The molecule has 23 heavy (non-hydrogen) atoms. The number of rotatable bonds is 3. The Hall–Kier alpha value is -1.84. The van der Waals surface area contributed by atoms with E-state index in [-0.39, 0.29) is 0 Å². The van der Waals surface area contributed by atoms with Gasteiger partial charge in [-0.2, -0.15) is 0 Å². The van der Waals surface area contributed by atoms with Gasteiger partial charge < -0.3 is 10.6 Å². The fourth-order valence-electron chi connectivity index (χ4n) is 4.08. The van der Waals surface area contributed by atoms with Crippen LogP contribution in [0, 0.1) is 0 Å². The SMILES string of the molecule is NCCCN1CCN2c3ccccc3Cc3ccccc3[C@@H]2C1. The number of nitrogens with two attached hydrogens (primary N) is 1. The molecule has 0 aliphatic carbocycles. The first-order valence-corrected chi connectivity index (χ1v) is 8.71. The van der Waals surface area contributed by atoms with Crippen molar-refractivity contribution in [3.8, 4) is 0 Å². The molecule has 1 atom stereocenters. The van der Waals surface area contributed by atoms with Gasteiger partial charge in [-0.1, -0.05) is 42.5 Å². The van der Waals surface area contributed by atoms with Gasteiger partial charge in [0, 0.05) is 25.3 Å². The third-order valence-corrected chi connectivity index (χ3v) is 5.24. The summed E-state index contributed by atoms with van der Waals surface area (Å²) >= 11 is 0. The lowest BCUT2D eigenvalue weighted by Gasteiger charge is -2.43. The molecular formula is C20H25N3. The number of anilines is 1. The molecule has 0 radical (unpaired) electrons. The van der Waals surface area contributed by atoms with E-state index >= 15 is 0 Å². The minimum absolute atomic E-state index is 0.460. The molecule has 0 unspecified atom stereocenters. The van der Waals surface area contributed by atoms with Crippen molar-refractivity contribution in [2.75, 3.05) is 37.6 Å². The fourth-order valence-corrected chi connectivity index (χ4v) is 4.08. The topological polar surface area (TPSA) is 32.5 Å². The Kier molecular flexibility index (Phi) is 4.06. The first kappa shape index (κ1) is 14.7. The molecule has 2 aromatic rings. The summed E-state index contributed by atoms with van der Waals surface area (Å²) in [5.74, 6) is 0. The molecule has 2 aromatic carbocycles. The van der Waals surface area contributed by atoms with Crippen LogP contribution in [0.1, 0.15) is 29.2 Å². The summed E-state index contributed by atoms with van der Waals surface area (Å²) < 4.78 is 0. The number of nitrogens with zero attached hydrogens (tertiary/aromatic N) is 2. The van der Waals surface area contributed by atoms with Crippen LogP contribution in [-0.4, -0.2) is 37.6 Å². The van der Waals surface area contributed by atoms with Crippen molar-refractivity contribution < 1.29 is 0 Å². The highest BCUT2D eigenvalue weighted by Gasteiger charge is 2.32. The maximum Gasteiger partial charge on any atom is 0.0672 e. The standard InChI is InChI=1S/C20H25N3/c21-10-5-11-22-12-13-23-19-9-4-2-7-17(19)14-16-6-1-3-8-18(16)20(23)15-22/h1-4,6-9,20H,5,10-15,21H2/t20-/m0/s1. The second kappa shape index (κ2) is 6.34. The van der Waals surface area contributed by atoms with Gasteiger partial charge >= 0.3 is 0 Å². The highest BCUT2D eigenvalue weighted by atomic mass is 15.3. The molecule has 2 heterocycles. The molecule has 0 saturated carbocycles. The van der Waals surface area contributed by atoms with Crippen molar-refractivity contribution in [1.29, 1.82) is 0 Å². The smallest absolute Gasteiger partial charge is 0.0672 e. The van der Waals surface area contributed by atoms with E-state index in [0.29, 0.717) is 6.04 Å². The molecule has 0 bridgehead atoms. The number of hydrogen-bond donors (Lipinski definition) is 1. The van der Waals surface area contributed by atoms with Crippen molar-refractivity contribution in [2.24, 2.45) is 5.73 Å². The molecule has 0 spiro atoms. The zero-order chi connectivity index (χ0) is 15.6. The maximum absolute atomic E-state index is 5.71. The van der Waals surface area contributed by atoms with Gasteiger partial charge in [0.2, 0.25) is 0 Å². The van der Waals surface area contributed by atoms with Crippen molar-refractivity contribution in [2.45, 2.75) is 18.9 Å². The molecule has 3 heteroatoms. The number of piperazine rings is 1. The minimum atomic E-state index is 0.460. The van der Waals surface area contributed by atoms with Gasteiger partial charge in [0.1, 0.15) is 0 Å². The van der Waals surface area contributed by atoms with Crippen molar-refractivity contribution in [3.63, 3.8) is 0 Å². The summed E-state index contributed by atoms with van der Waals surface area (Å²) in [6.07, 6.45) is 2.13. The van der Waals surface area contributed by atoms with E-state index < -0.39 is 0 Å². The lowest BCUT2D eigenvalue weighted by atomic mass is 9.96. The van der Waals surface area contributed by atoms with E-state index in [1.165, 1.54) is 22.4 Å². The molecular weight excluding hydrogens is 282 g/mol. The van der Waals surface area contributed by atoms with Gasteiger partial charge in [-0.3, -0.25) is 4.90 Å². The predicted molar refractivity (Wildman–Crippen MR) is 95.9 cm³/mol. The van der Waals surface area contributed by atoms with Crippen LogP contribution < -0.4 is 10.6 Å². The average molecular weight is 307 g/mol. The van der Waals surface area contributed by atoms with Gasteiger partial charge in [-0.25, -0.2) is 0 Å². The summed E-state index contributed by atoms with van der Waals surface area (Å²) in [7, 11) is 0. The highest BCUT2D eigenvalue weighted by Crippen LogP contribution is 2.38. The number of fused-ring (bicyclic) bond motifs is 5. The molecule has 2 aliphatic heterocycles. The molecule has 1 saturated heterocycles. The largest absolute Gasteiger partial charge is 0.362 e. The molecule has 1 fully saturated rings. The Labute approximate surface area is 138 Å². The number of para-hydroxylation sites is 1. The Morgan fingerprint density at radius 3 is 2.61 bits per heavy atom. The van der Waals surface area contributed by atoms with Crippen molar-refractivity contribution in [1.82, 2.24) is 4.90 Å². The molecule has 120 valence electrons. The summed E-state index contributed by atoms with van der Waals surface area (Å²) in [4.78, 5) is 5.21. The Balaban J connectivity index is 1.73. The summed E-state index contributed by atoms with van der Waals surface area (Å²) in [6, 6.07) is 18.4. The van der Waals surface area contributed by atoms with E-state index in [0.717, 1.165) is 45.6 Å². The van der Waals surface area contributed by atoms with Crippen molar-refractivity contribution in [3.05, 3.63) is 65.2 Å². The predicted octanol–water partition coefficient (Wildman–Crippen LogP) is 2.80. The van der Waals surface area contributed by atoms with Crippen LogP contribution in [0.4, 0.5) is 5.69 Å². The van der Waals surface area contributed by atoms with Crippen LogP contribution >= 0.6 is 0 Å². The van der Waals surface area contributed by atoms with Crippen LogP contribution in [-0.2, 0) is 6.42 Å². The zero-order valence-electron chi connectivity index (χ0n) is 13.6. The van der Waals surface area contributed by atoms with Crippen LogP contribution in [0.5, 0.6) is 0 Å². The molecule has 2 N–H and O–H groups in total. The Morgan fingerprint density at radius 1 is 0.957 bits per heavy atom. The molecule has 0 aromatic heterocycles. The monoisotopic (exact) mass is 307 g/mol. The quantitative estimate of drug-likeness (QED) is 0.946. The summed E-state index contributed by atoms with van der Waals surface area (Å²) in [6.45, 7) is 5.23. The van der Waals surface area contributed by atoms with Gasteiger partial charge in [0.15, 0.2) is 0 Å². The molecule has 4 rings (SSSR count). The fraction of sp³-hybridized carbons (Fsp3) is 0.400. The van der Waals surface area contributed by atoms with E-state index in [4.69, 9.17) is 5.73 Å². The summed E-state index contributed by atoms with van der Waals surface area (Å²) in [5.41, 5.74) is 11.6. The number of hydrogen-bond acceptors (Lipinski definition) is 3. The first-order chi connectivity index (χ1) is 11.4. The third kappa shape index (κ3) is 2.75. The van der Waals surface area contributed by atoms with Crippen LogP contribution in [0.25, 0.3) is 0 Å². The Morgan fingerprint density at radius 2 is 1.74 bits per heavy atom. The molecule has 3 nitrogen and oxygen atoms in total. The van der Waals surface area contributed by atoms with E-state index in [9.17, 15) is 0 Å². The lowest BCUT2D eigenvalue weighted by Crippen LogP contribution is -2.49. The second-order valence-corrected chi connectivity index (χ2v) is 6.66. The normalized spacial score (nSPS) is 20.4. The van der Waals surface area contributed by atoms with E-state index in [1.807, 2.05) is 0 Å². The van der Waals surface area contributed by atoms with E-state index in [1.54, 1.807) is 0 Å². The lowest BCUT2D eigenvalue weighted by molar-refractivity contribution is 0.222. The molecule has 0 amide bonds. The number of benzene rings is 2. The van der Waals surface area contributed by atoms with Crippen LogP contribution in [0.15, 0.2) is 48.5 Å². The van der Waals surface area contributed by atoms with Gasteiger partial charge in [0.05, 0.1) is 6.04 Å². The van der Waals surface area contributed by atoms with Crippen LogP contribution in [0.2, 0.25) is 0 Å². The maximum atomic E-state index is 5.71. The minimum Gasteiger partial charge on any atom is -0.362 e.